The van der Waals surface area contributed by atoms with Crippen LogP contribution in [0.1, 0.15) is 32.6 Å². The first-order valence-corrected chi connectivity index (χ1v) is 6.77. The molecule has 2 aliphatic rings. The molecule has 2 N–H and O–H groups in total. The molecule has 0 aliphatic carbocycles. The van der Waals surface area contributed by atoms with Crippen molar-refractivity contribution in [1.29, 1.82) is 0 Å². The molecule has 2 aliphatic heterocycles. The van der Waals surface area contributed by atoms with Crippen molar-refractivity contribution in [2.75, 3.05) is 32.8 Å². The second-order valence-corrected chi connectivity index (χ2v) is 5.62. The molecular formula is C13H24N2O2. The fraction of sp³-hybridized carbons (Fsp3) is 0.923. The smallest absolute Gasteiger partial charge is 0.227 e. The molecule has 2 rings (SSSR count). The van der Waals surface area contributed by atoms with Gasteiger partial charge in [-0.1, -0.05) is 0 Å². The summed E-state index contributed by atoms with van der Waals surface area (Å²) in [6.07, 6.45) is 4.29. The van der Waals surface area contributed by atoms with E-state index in [1.165, 1.54) is 0 Å². The Morgan fingerprint density at radius 1 is 1.59 bits per heavy atom. The van der Waals surface area contributed by atoms with Gasteiger partial charge in [-0.25, -0.2) is 0 Å². The normalized spacial score (nSPS) is 33.6. The van der Waals surface area contributed by atoms with Gasteiger partial charge in [0.2, 0.25) is 5.91 Å². The summed E-state index contributed by atoms with van der Waals surface area (Å²) in [6.45, 7) is 6.47. The molecule has 0 saturated carbocycles. The molecule has 0 radical (unpaired) electrons. The number of hydrogen-bond acceptors (Lipinski definition) is 3. The molecule has 0 spiro atoms. The molecule has 17 heavy (non-hydrogen) atoms. The van der Waals surface area contributed by atoms with Crippen molar-refractivity contribution in [2.45, 2.75) is 32.6 Å². The predicted molar refractivity (Wildman–Crippen MR) is 66.8 cm³/mol. The number of carbonyl (C=O) groups excluding carboxylic acids is 1. The third-order valence-electron chi connectivity index (χ3n) is 4.01. The molecule has 98 valence electrons. The largest absolute Gasteiger partial charge is 0.381 e. The van der Waals surface area contributed by atoms with Crippen LogP contribution in [0.4, 0.5) is 0 Å². The van der Waals surface area contributed by atoms with E-state index in [9.17, 15) is 4.79 Å². The summed E-state index contributed by atoms with van der Waals surface area (Å²) in [6, 6.07) is 0. The SMILES string of the molecule is CC1(C(=O)NCCC2CCOC2)CCCNC1. The van der Waals surface area contributed by atoms with Crippen LogP contribution in [0.5, 0.6) is 0 Å². The summed E-state index contributed by atoms with van der Waals surface area (Å²) >= 11 is 0. The van der Waals surface area contributed by atoms with Gasteiger partial charge in [0.05, 0.1) is 5.41 Å². The zero-order valence-electron chi connectivity index (χ0n) is 10.8. The zero-order chi connectivity index (χ0) is 12.1. The second-order valence-electron chi connectivity index (χ2n) is 5.62. The number of carbonyl (C=O) groups is 1. The highest BCUT2D eigenvalue weighted by Crippen LogP contribution is 2.25. The lowest BCUT2D eigenvalue weighted by Crippen LogP contribution is -2.48. The van der Waals surface area contributed by atoms with Gasteiger partial charge < -0.3 is 15.4 Å². The molecule has 2 fully saturated rings. The van der Waals surface area contributed by atoms with Crippen LogP contribution in [-0.2, 0) is 9.53 Å². The quantitative estimate of drug-likeness (QED) is 0.768. The Labute approximate surface area is 103 Å². The van der Waals surface area contributed by atoms with Gasteiger partial charge in [-0.15, -0.1) is 0 Å². The Balaban J connectivity index is 1.68. The molecule has 1 amide bonds. The highest BCUT2D eigenvalue weighted by Gasteiger charge is 2.34. The van der Waals surface area contributed by atoms with Crippen molar-refractivity contribution in [1.82, 2.24) is 10.6 Å². The number of piperidine rings is 1. The van der Waals surface area contributed by atoms with Gasteiger partial charge in [-0.2, -0.15) is 0 Å². The van der Waals surface area contributed by atoms with Crippen molar-refractivity contribution < 1.29 is 9.53 Å². The van der Waals surface area contributed by atoms with Crippen molar-refractivity contribution in [2.24, 2.45) is 11.3 Å². The van der Waals surface area contributed by atoms with Crippen molar-refractivity contribution in [3.63, 3.8) is 0 Å². The third-order valence-corrected chi connectivity index (χ3v) is 4.01. The third kappa shape index (κ3) is 3.42. The van der Waals surface area contributed by atoms with E-state index in [1.807, 2.05) is 0 Å². The predicted octanol–water partition coefficient (Wildman–Crippen LogP) is 0.919. The minimum atomic E-state index is -0.204. The van der Waals surface area contributed by atoms with Crippen LogP contribution in [-0.4, -0.2) is 38.8 Å². The van der Waals surface area contributed by atoms with Gasteiger partial charge in [-0.3, -0.25) is 4.79 Å². The summed E-state index contributed by atoms with van der Waals surface area (Å²) < 4.78 is 5.33. The lowest BCUT2D eigenvalue weighted by molar-refractivity contribution is -0.131. The summed E-state index contributed by atoms with van der Waals surface area (Å²) in [4.78, 5) is 12.1. The van der Waals surface area contributed by atoms with Crippen LogP contribution < -0.4 is 10.6 Å². The highest BCUT2D eigenvalue weighted by atomic mass is 16.5. The first-order chi connectivity index (χ1) is 8.21. The lowest BCUT2D eigenvalue weighted by Gasteiger charge is -2.32. The van der Waals surface area contributed by atoms with E-state index in [-0.39, 0.29) is 11.3 Å². The van der Waals surface area contributed by atoms with E-state index >= 15 is 0 Å². The van der Waals surface area contributed by atoms with E-state index in [1.54, 1.807) is 0 Å². The zero-order valence-corrected chi connectivity index (χ0v) is 10.8. The molecule has 0 bridgehead atoms. The Morgan fingerprint density at radius 2 is 2.47 bits per heavy atom. The molecule has 2 saturated heterocycles. The van der Waals surface area contributed by atoms with Crippen LogP contribution in [0, 0.1) is 11.3 Å². The van der Waals surface area contributed by atoms with Gasteiger partial charge in [0.15, 0.2) is 0 Å². The topological polar surface area (TPSA) is 50.4 Å². The average Bonchev–Trinajstić information content (AvgIpc) is 2.83. The van der Waals surface area contributed by atoms with Gasteiger partial charge in [-0.05, 0) is 45.1 Å². The van der Waals surface area contributed by atoms with Crippen LogP contribution in [0.25, 0.3) is 0 Å². The van der Waals surface area contributed by atoms with E-state index in [2.05, 4.69) is 17.6 Å². The van der Waals surface area contributed by atoms with Gasteiger partial charge in [0, 0.05) is 26.3 Å². The van der Waals surface area contributed by atoms with Gasteiger partial charge in [0.1, 0.15) is 0 Å². The van der Waals surface area contributed by atoms with E-state index < -0.39 is 0 Å². The number of nitrogens with one attached hydrogen (secondary N) is 2. The van der Waals surface area contributed by atoms with Gasteiger partial charge >= 0.3 is 0 Å². The molecule has 0 aromatic carbocycles. The van der Waals surface area contributed by atoms with E-state index in [0.717, 1.165) is 58.5 Å². The summed E-state index contributed by atoms with van der Waals surface area (Å²) in [5.74, 6) is 0.858. The minimum absolute atomic E-state index is 0.204. The second kappa shape index (κ2) is 5.83. The Hall–Kier alpha value is -0.610. The summed E-state index contributed by atoms with van der Waals surface area (Å²) in [5.41, 5.74) is -0.204. The maximum Gasteiger partial charge on any atom is 0.227 e. The van der Waals surface area contributed by atoms with E-state index in [0.29, 0.717) is 5.92 Å². The van der Waals surface area contributed by atoms with Crippen LogP contribution >= 0.6 is 0 Å². The Kier molecular flexibility index (Phi) is 4.40. The molecule has 4 heteroatoms. The van der Waals surface area contributed by atoms with Crippen molar-refractivity contribution in [3.8, 4) is 0 Å². The van der Waals surface area contributed by atoms with E-state index in [4.69, 9.17) is 4.74 Å². The first-order valence-electron chi connectivity index (χ1n) is 6.77. The fourth-order valence-corrected chi connectivity index (χ4v) is 2.66. The van der Waals surface area contributed by atoms with Crippen molar-refractivity contribution >= 4 is 5.91 Å². The molecule has 0 aromatic heterocycles. The standard InChI is InChI=1S/C13H24N2O2/c1-13(5-2-6-14-10-13)12(16)15-7-3-11-4-8-17-9-11/h11,14H,2-10H2,1H3,(H,15,16). The fourth-order valence-electron chi connectivity index (χ4n) is 2.66. The number of ether oxygens (including phenoxy) is 1. The lowest BCUT2D eigenvalue weighted by atomic mass is 9.82. The van der Waals surface area contributed by atoms with Crippen LogP contribution in [0.3, 0.4) is 0 Å². The molecule has 0 aromatic rings. The molecule has 4 nitrogen and oxygen atoms in total. The Bertz CT molecular complexity index is 256. The summed E-state index contributed by atoms with van der Waals surface area (Å²) in [5, 5.41) is 6.39. The Morgan fingerprint density at radius 3 is 3.12 bits per heavy atom. The van der Waals surface area contributed by atoms with Crippen LogP contribution in [0.15, 0.2) is 0 Å². The van der Waals surface area contributed by atoms with Gasteiger partial charge in [0.25, 0.3) is 0 Å². The maximum atomic E-state index is 12.1. The molecule has 2 unspecified atom stereocenters. The van der Waals surface area contributed by atoms with Crippen molar-refractivity contribution in [3.05, 3.63) is 0 Å². The maximum absolute atomic E-state index is 12.1. The number of amides is 1. The minimum Gasteiger partial charge on any atom is -0.381 e. The molecule has 2 heterocycles. The monoisotopic (exact) mass is 240 g/mol. The molecular weight excluding hydrogens is 216 g/mol. The number of rotatable bonds is 4. The highest BCUT2D eigenvalue weighted by molar-refractivity contribution is 5.82. The first kappa shape index (κ1) is 12.8. The number of hydrogen-bond donors (Lipinski definition) is 2. The average molecular weight is 240 g/mol. The van der Waals surface area contributed by atoms with Crippen LogP contribution in [0.2, 0.25) is 0 Å². The summed E-state index contributed by atoms with van der Waals surface area (Å²) in [7, 11) is 0. The molecule has 2 atom stereocenters.